The van der Waals surface area contributed by atoms with Gasteiger partial charge >= 0.3 is 0 Å². The zero-order chi connectivity index (χ0) is 33.1. The summed E-state index contributed by atoms with van der Waals surface area (Å²) < 4.78 is 11.8. The molecule has 1 aliphatic rings. The van der Waals surface area contributed by atoms with E-state index in [4.69, 9.17) is 9.47 Å². The number of hydrogen-bond donors (Lipinski definition) is 3. The summed E-state index contributed by atoms with van der Waals surface area (Å²) in [5.41, 5.74) is 0.727. The molecule has 3 N–H and O–H groups in total. The van der Waals surface area contributed by atoms with Gasteiger partial charge in [-0.3, -0.25) is 14.4 Å². The summed E-state index contributed by atoms with van der Waals surface area (Å²) in [4.78, 5) is 44.3. The van der Waals surface area contributed by atoms with Crippen molar-refractivity contribution in [2.75, 3.05) is 34.9 Å². The number of nitrogens with one attached hydrogen (secondary N) is 2. The quantitative estimate of drug-likeness (QED) is 0.245. The van der Waals surface area contributed by atoms with E-state index < -0.39 is 30.3 Å². The predicted octanol–water partition coefficient (Wildman–Crippen LogP) is 3.39. The summed E-state index contributed by atoms with van der Waals surface area (Å²) in [6.07, 6.45) is 0.577. The zero-order valence-corrected chi connectivity index (χ0v) is 28.6. The van der Waals surface area contributed by atoms with Gasteiger partial charge in [0.05, 0.1) is 54.8 Å². The van der Waals surface area contributed by atoms with Gasteiger partial charge in [-0.05, 0) is 44.2 Å². The van der Waals surface area contributed by atoms with E-state index in [-0.39, 0.29) is 54.1 Å². The molecule has 44 heavy (non-hydrogen) atoms. The number of carbonyl (C=O) groups excluding carboxylic acids is 3. The van der Waals surface area contributed by atoms with E-state index in [1.54, 1.807) is 47.1 Å². The van der Waals surface area contributed by atoms with Gasteiger partial charge in [-0.15, -0.1) is 0 Å². The van der Waals surface area contributed by atoms with Crippen LogP contribution in [0, 0.1) is 17.8 Å². The molecule has 0 saturated carbocycles. The fraction of sp³-hybridized carbons (Fsp3) is 0.735. The second-order valence-electron chi connectivity index (χ2n) is 12.8. The number of amides is 3. The average molecular weight is 619 g/mol. The maximum Gasteiger partial charge on any atom is 0.240 e. The number of likely N-dealkylation sites (N-methyl/N-ethyl adjacent to an activating group) is 2. The Morgan fingerprint density at radius 3 is 2.23 bits per heavy atom. The number of aliphatic hydroxyl groups is 1. The monoisotopic (exact) mass is 618 g/mol. The lowest BCUT2D eigenvalue weighted by Crippen LogP contribution is -2.56. The van der Waals surface area contributed by atoms with E-state index in [0.29, 0.717) is 13.0 Å². The van der Waals surface area contributed by atoms with Crippen LogP contribution in [0.4, 0.5) is 0 Å². The smallest absolute Gasteiger partial charge is 0.240 e. The molecule has 0 aliphatic carbocycles. The highest BCUT2D eigenvalue weighted by atomic mass is 16.5. The minimum absolute atomic E-state index is 0.0211. The molecule has 250 valence electrons. The normalized spacial score (nSPS) is 20.7. The van der Waals surface area contributed by atoms with Crippen LogP contribution in [0.5, 0.6) is 0 Å². The third kappa shape index (κ3) is 9.25. The lowest BCUT2D eigenvalue weighted by atomic mass is 9.89. The van der Waals surface area contributed by atoms with Crippen molar-refractivity contribution in [3.63, 3.8) is 0 Å². The number of likely N-dealkylation sites (tertiary alicyclic amines) is 1. The van der Waals surface area contributed by atoms with Crippen LogP contribution in [0.1, 0.15) is 78.9 Å². The molecule has 3 amide bonds. The second kappa shape index (κ2) is 17.8. The number of aliphatic hydroxyl groups excluding tert-OH is 1. The molecule has 0 aromatic heterocycles. The van der Waals surface area contributed by atoms with Crippen molar-refractivity contribution in [1.29, 1.82) is 0 Å². The van der Waals surface area contributed by atoms with Crippen LogP contribution in [-0.4, -0.2) is 104 Å². The summed E-state index contributed by atoms with van der Waals surface area (Å²) in [5.74, 6) is -0.695. The fourth-order valence-electron chi connectivity index (χ4n) is 6.64. The van der Waals surface area contributed by atoms with Gasteiger partial charge in [-0.2, -0.15) is 0 Å². The van der Waals surface area contributed by atoms with Crippen LogP contribution in [-0.2, 0) is 23.9 Å². The molecule has 10 nitrogen and oxygen atoms in total. The Balaban J connectivity index is 2.19. The third-order valence-corrected chi connectivity index (χ3v) is 9.49. The third-order valence-electron chi connectivity index (χ3n) is 9.49. The number of nitrogens with zero attached hydrogens (tertiary/aromatic N) is 2. The molecule has 1 heterocycles. The van der Waals surface area contributed by atoms with Gasteiger partial charge in [0.15, 0.2) is 0 Å². The molecule has 1 saturated heterocycles. The highest BCUT2D eigenvalue weighted by Gasteiger charge is 2.42. The highest BCUT2D eigenvalue weighted by Crippen LogP contribution is 2.30. The maximum absolute atomic E-state index is 13.9. The molecule has 10 heteroatoms. The highest BCUT2D eigenvalue weighted by molar-refractivity contribution is 5.83. The lowest BCUT2D eigenvalue weighted by molar-refractivity contribution is -0.147. The molecule has 2 rings (SSSR count). The number of ether oxygens (including phenoxy) is 2. The summed E-state index contributed by atoms with van der Waals surface area (Å²) in [7, 11) is 6.76. The molecule has 1 fully saturated rings. The van der Waals surface area contributed by atoms with Crippen molar-refractivity contribution in [1.82, 2.24) is 20.4 Å². The first-order valence-corrected chi connectivity index (χ1v) is 16.2. The molecule has 1 aliphatic heterocycles. The molecule has 1 aromatic rings. The maximum atomic E-state index is 13.9. The first kappa shape index (κ1) is 37.7. The lowest BCUT2D eigenvalue weighted by Gasteiger charge is -2.40. The molecule has 0 radical (unpaired) electrons. The SMILES string of the molecule is CCC(C)C(C(CC(=O)N1CCCC1C(OC)C(C)C(=O)NC(C)C(O)c1ccccc1)OC)N(C)C(=O)[C@@H](NC)C(C)C. The Kier molecular flexibility index (Phi) is 15.3. The second-order valence-corrected chi connectivity index (χ2v) is 12.8. The standard InChI is InChI=1S/C34H58N4O6/c1-11-22(4)30(37(8)34(42)29(35-7)21(2)3)27(43-9)20-28(39)38-19-15-18-26(38)32(44-10)23(5)33(41)36-24(6)31(40)25-16-13-12-14-17-25/h12-14,16-17,21-24,26-27,29-32,35,40H,11,15,18-20H2,1-10H3,(H,36,41)/t22?,23?,24?,26?,27?,29-,30?,31?,32?/m0/s1. The summed E-state index contributed by atoms with van der Waals surface area (Å²) in [6, 6.07) is 7.81. The van der Waals surface area contributed by atoms with Gasteiger partial charge < -0.3 is 35.0 Å². The summed E-state index contributed by atoms with van der Waals surface area (Å²) in [5, 5.41) is 16.8. The van der Waals surface area contributed by atoms with E-state index >= 15 is 0 Å². The van der Waals surface area contributed by atoms with Gasteiger partial charge in [-0.25, -0.2) is 0 Å². The van der Waals surface area contributed by atoms with Crippen LogP contribution < -0.4 is 10.6 Å². The number of benzene rings is 1. The largest absolute Gasteiger partial charge is 0.386 e. The summed E-state index contributed by atoms with van der Waals surface area (Å²) in [6.45, 7) is 12.3. The van der Waals surface area contributed by atoms with E-state index in [0.717, 1.165) is 18.4 Å². The average Bonchev–Trinajstić information content (AvgIpc) is 3.50. The first-order valence-electron chi connectivity index (χ1n) is 16.2. The van der Waals surface area contributed by atoms with Gasteiger partial charge in [-0.1, -0.05) is 71.4 Å². The number of rotatable bonds is 17. The molecular formula is C34H58N4O6. The minimum atomic E-state index is -0.851. The van der Waals surface area contributed by atoms with E-state index in [2.05, 4.69) is 24.5 Å². The Morgan fingerprint density at radius 2 is 1.70 bits per heavy atom. The van der Waals surface area contributed by atoms with E-state index in [1.165, 1.54) is 0 Å². The minimum Gasteiger partial charge on any atom is -0.386 e. The van der Waals surface area contributed by atoms with Crippen molar-refractivity contribution >= 4 is 17.7 Å². The van der Waals surface area contributed by atoms with Crippen LogP contribution in [0.25, 0.3) is 0 Å². The van der Waals surface area contributed by atoms with Crippen molar-refractivity contribution in [3.05, 3.63) is 35.9 Å². The number of hydrogen-bond acceptors (Lipinski definition) is 7. The molecular weight excluding hydrogens is 560 g/mol. The topological polar surface area (TPSA) is 120 Å². The summed E-state index contributed by atoms with van der Waals surface area (Å²) >= 11 is 0. The van der Waals surface area contributed by atoms with Gasteiger partial charge in [0, 0.05) is 27.8 Å². The molecule has 8 unspecified atom stereocenters. The molecule has 1 aromatic carbocycles. The Morgan fingerprint density at radius 1 is 1.07 bits per heavy atom. The van der Waals surface area contributed by atoms with Crippen LogP contribution >= 0.6 is 0 Å². The van der Waals surface area contributed by atoms with Crippen molar-refractivity contribution in [3.8, 4) is 0 Å². The van der Waals surface area contributed by atoms with Crippen molar-refractivity contribution in [2.24, 2.45) is 17.8 Å². The Labute approximate surface area is 265 Å². The van der Waals surface area contributed by atoms with Crippen LogP contribution in [0.2, 0.25) is 0 Å². The molecule has 9 atom stereocenters. The van der Waals surface area contributed by atoms with Crippen LogP contribution in [0.3, 0.4) is 0 Å². The predicted molar refractivity (Wildman–Crippen MR) is 173 cm³/mol. The van der Waals surface area contributed by atoms with Gasteiger partial charge in [0.25, 0.3) is 0 Å². The number of carbonyl (C=O) groups is 3. The molecule has 0 bridgehead atoms. The first-order chi connectivity index (χ1) is 20.8. The molecule has 0 spiro atoms. The number of methoxy groups -OCH3 is 2. The van der Waals surface area contributed by atoms with Crippen molar-refractivity contribution < 1.29 is 29.0 Å². The Hall–Kier alpha value is -2.53. The van der Waals surface area contributed by atoms with E-state index in [9.17, 15) is 19.5 Å². The van der Waals surface area contributed by atoms with Gasteiger partial charge in [0.1, 0.15) is 0 Å². The van der Waals surface area contributed by atoms with Crippen LogP contribution in [0.15, 0.2) is 30.3 Å². The van der Waals surface area contributed by atoms with E-state index in [1.807, 2.05) is 49.1 Å². The zero-order valence-electron chi connectivity index (χ0n) is 28.6. The Bertz CT molecular complexity index is 1040. The fourth-order valence-corrected chi connectivity index (χ4v) is 6.64. The van der Waals surface area contributed by atoms with Crippen molar-refractivity contribution in [2.45, 2.75) is 110 Å². The van der Waals surface area contributed by atoms with Gasteiger partial charge in [0.2, 0.25) is 17.7 Å².